The Bertz CT molecular complexity index is 1560. The molecule has 2 aromatic heterocycles. The number of pyridine rings is 1. The fourth-order valence-electron chi connectivity index (χ4n) is 5.52. The molecule has 0 radical (unpaired) electrons. The summed E-state index contributed by atoms with van der Waals surface area (Å²) in [5, 5.41) is 3.98. The Kier molecular flexibility index (Phi) is 7.01. The second-order valence-corrected chi connectivity index (χ2v) is 10.5. The van der Waals surface area contributed by atoms with Gasteiger partial charge in [-0.3, -0.25) is 9.36 Å². The summed E-state index contributed by atoms with van der Waals surface area (Å²) in [6.07, 6.45) is 3.42. The number of piperazine rings is 1. The Labute approximate surface area is 227 Å². The molecule has 0 spiro atoms. The molecule has 202 valence electrons. The lowest BCUT2D eigenvalue weighted by Gasteiger charge is -2.35. The van der Waals surface area contributed by atoms with E-state index in [0.29, 0.717) is 30.1 Å². The van der Waals surface area contributed by atoms with Gasteiger partial charge in [-0.1, -0.05) is 18.2 Å². The van der Waals surface area contributed by atoms with Gasteiger partial charge in [0.15, 0.2) is 0 Å². The number of hydrogen-bond acceptors (Lipinski definition) is 7. The van der Waals surface area contributed by atoms with E-state index in [4.69, 9.17) is 9.72 Å². The van der Waals surface area contributed by atoms with E-state index in [1.54, 1.807) is 35.0 Å². The summed E-state index contributed by atoms with van der Waals surface area (Å²) >= 11 is 0. The molecule has 1 N–H and O–H groups in total. The zero-order valence-electron chi connectivity index (χ0n) is 22.4. The average Bonchev–Trinajstić information content (AvgIpc) is 3.45. The largest absolute Gasteiger partial charge is 0.376 e. The molecule has 39 heavy (non-hydrogen) atoms. The minimum atomic E-state index is -0.438. The molecule has 6 rings (SSSR count). The Hall–Kier alpha value is -3.82. The second kappa shape index (κ2) is 10.7. The molecule has 0 bridgehead atoms. The minimum absolute atomic E-state index is 0.0853. The van der Waals surface area contributed by atoms with Crippen LogP contribution in [0.25, 0.3) is 22.2 Å². The number of likely N-dealkylation sites (N-methyl/N-ethyl adjacent to an activating group) is 1. The summed E-state index contributed by atoms with van der Waals surface area (Å²) in [6.45, 7) is 7.27. The average molecular weight is 529 g/mol. The number of aryl methyl sites for hydroxylation is 1. The van der Waals surface area contributed by atoms with Gasteiger partial charge in [-0.05, 0) is 62.7 Å². The predicted octanol–water partition coefficient (Wildman–Crippen LogP) is 4.58. The summed E-state index contributed by atoms with van der Waals surface area (Å²) in [6, 6.07) is 14.3. The molecule has 0 aliphatic carbocycles. The predicted molar refractivity (Wildman–Crippen MR) is 152 cm³/mol. The fraction of sp³-hybridized carbons (Fsp3) is 0.367. The van der Waals surface area contributed by atoms with Crippen LogP contribution >= 0.6 is 0 Å². The summed E-state index contributed by atoms with van der Waals surface area (Å²) in [5.74, 6) is -0.0411. The van der Waals surface area contributed by atoms with Gasteiger partial charge in [0, 0.05) is 61.3 Å². The number of benzene rings is 2. The van der Waals surface area contributed by atoms with Crippen LogP contribution in [0.15, 0.2) is 59.5 Å². The lowest BCUT2D eigenvalue weighted by molar-refractivity contribution is 0.0971. The minimum Gasteiger partial charge on any atom is -0.376 e. The molecular weight excluding hydrogens is 495 g/mol. The zero-order chi connectivity index (χ0) is 26.9. The van der Waals surface area contributed by atoms with Gasteiger partial charge in [0.1, 0.15) is 11.5 Å². The number of hydrogen-bond donors (Lipinski definition) is 1. The van der Waals surface area contributed by atoms with Crippen molar-refractivity contribution in [3.63, 3.8) is 0 Å². The van der Waals surface area contributed by atoms with Gasteiger partial charge in [0.25, 0.3) is 5.56 Å². The van der Waals surface area contributed by atoms with Crippen molar-refractivity contribution >= 4 is 28.4 Å². The standard InChI is InChI=1S/C30H33FN6O2/c1-20-16-22(9-10-27(20)36-13-11-35(2)12-14-36)33-30-32-18-21-17-25(24-7-3-4-8-26(24)31)29(38)37(28(21)34-30)19-23-6-5-15-39-23/h3-4,7-10,16-18,23H,5-6,11-15,19H2,1-2H3,(H,32,33,34)/t23-/m1/s1. The summed E-state index contributed by atoms with van der Waals surface area (Å²) in [5.41, 5.74) is 4.05. The number of rotatable bonds is 6. The topological polar surface area (TPSA) is 75.5 Å². The van der Waals surface area contributed by atoms with Crippen LogP contribution in [0.1, 0.15) is 18.4 Å². The van der Waals surface area contributed by atoms with E-state index in [0.717, 1.165) is 44.7 Å². The molecular formula is C30H33FN6O2. The van der Waals surface area contributed by atoms with E-state index in [1.807, 2.05) is 6.07 Å². The van der Waals surface area contributed by atoms with Crippen LogP contribution < -0.4 is 15.8 Å². The van der Waals surface area contributed by atoms with Gasteiger partial charge in [-0.2, -0.15) is 4.98 Å². The number of fused-ring (bicyclic) bond motifs is 1. The van der Waals surface area contributed by atoms with E-state index in [1.165, 1.54) is 17.3 Å². The van der Waals surface area contributed by atoms with Crippen molar-refractivity contribution in [1.29, 1.82) is 0 Å². The molecule has 2 aliphatic heterocycles. The Balaban J connectivity index is 1.35. The molecule has 8 nitrogen and oxygen atoms in total. The van der Waals surface area contributed by atoms with Gasteiger partial charge >= 0.3 is 0 Å². The lowest BCUT2D eigenvalue weighted by atomic mass is 10.1. The van der Waals surface area contributed by atoms with E-state index >= 15 is 0 Å². The van der Waals surface area contributed by atoms with Crippen molar-refractivity contribution in [3.05, 3.63) is 76.5 Å². The molecule has 1 atom stereocenters. The molecule has 4 heterocycles. The quantitative estimate of drug-likeness (QED) is 0.393. The highest BCUT2D eigenvalue weighted by molar-refractivity contribution is 5.82. The number of halogens is 1. The molecule has 2 aromatic carbocycles. The Morgan fingerprint density at radius 3 is 2.64 bits per heavy atom. The first-order valence-corrected chi connectivity index (χ1v) is 13.5. The highest BCUT2D eigenvalue weighted by atomic mass is 19.1. The molecule has 2 saturated heterocycles. The van der Waals surface area contributed by atoms with Crippen LogP contribution in [0, 0.1) is 12.7 Å². The van der Waals surface area contributed by atoms with Gasteiger partial charge in [-0.25, -0.2) is 9.37 Å². The molecule has 0 amide bonds. The number of aromatic nitrogens is 3. The third-order valence-corrected chi connectivity index (χ3v) is 7.70. The smallest absolute Gasteiger partial charge is 0.260 e. The normalized spacial score (nSPS) is 18.1. The summed E-state index contributed by atoms with van der Waals surface area (Å²) < 4.78 is 22.1. The van der Waals surface area contributed by atoms with Crippen LogP contribution in [-0.2, 0) is 11.3 Å². The monoisotopic (exact) mass is 528 g/mol. The highest BCUT2D eigenvalue weighted by Gasteiger charge is 2.22. The third-order valence-electron chi connectivity index (χ3n) is 7.70. The second-order valence-electron chi connectivity index (χ2n) is 10.5. The molecule has 2 fully saturated rings. The molecule has 0 saturated carbocycles. The SMILES string of the molecule is Cc1cc(Nc2ncc3cc(-c4ccccc4F)c(=O)n(C[C@H]4CCCO4)c3n2)ccc1N1CCN(C)CC1. The third kappa shape index (κ3) is 5.24. The first-order chi connectivity index (χ1) is 19.0. The first kappa shape index (κ1) is 25.5. The molecule has 4 aromatic rings. The molecule has 0 unspecified atom stereocenters. The highest BCUT2D eigenvalue weighted by Crippen LogP contribution is 2.28. The van der Waals surface area contributed by atoms with Crippen LogP contribution in [0.2, 0.25) is 0 Å². The number of ether oxygens (including phenoxy) is 1. The van der Waals surface area contributed by atoms with Crippen LogP contribution in [0.3, 0.4) is 0 Å². The van der Waals surface area contributed by atoms with Crippen molar-refractivity contribution in [2.75, 3.05) is 50.1 Å². The van der Waals surface area contributed by atoms with Gasteiger partial charge in [0.2, 0.25) is 5.95 Å². The summed E-state index contributed by atoms with van der Waals surface area (Å²) in [7, 11) is 2.15. The van der Waals surface area contributed by atoms with Crippen molar-refractivity contribution < 1.29 is 9.13 Å². The maximum Gasteiger partial charge on any atom is 0.260 e. The fourth-order valence-corrected chi connectivity index (χ4v) is 5.52. The van der Waals surface area contributed by atoms with Crippen molar-refractivity contribution in [2.24, 2.45) is 0 Å². The number of nitrogens with one attached hydrogen (secondary N) is 1. The van der Waals surface area contributed by atoms with Crippen LogP contribution in [0.5, 0.6) is 0 Å². The molecule has 9 heteroatoms. The number of anilines is 3. The van der Waals surface area contributed by atoms with Crippen LogP contribution in [-0.4, -0.2) is 65.4 Å². The number of nitrogens with zero attached hydrogens (tertiary/aromatic N) is 5. The van der Waals surface area contributed by atoms with Crippen LogP contribution in [0.4, 0.5) is 21.7 Å². The van der Waals surface area contributed by atoms with Gasteiger partial charge < -0.3 is 19.9 Å². The van der Waals surface area contributed by atoms with Gasteiger partial charge in [0.05, 0.1) is 18.2 Å². The summed E-state index contributed by atoms with van der Waals surface area (Å²) in [4.78, 5) is 27.8. The Morgan fingerprint density at radius 2 is 1.90 bits per heavy atom. The first-order valence-electron chi connectivity index (χ1n) is 13.5. The zero-order valence-corrected chi connectivity index (χ0v) is 22.4. The van der Waals surface area contributed by atoms with Gasteiger partial charge in [-0.15, -0.1) is 0 Å². The van der Waals surface area contributed by atoms with E-state index in [9.17, 15) is 9.18 Å². The van der Waals surface area contributed by atoms with E-state index in [2.05, 4.69) is 46.2 Å². The van der Waals surface area contributed by atoms with Crippen molar-refractivity contribution in [2.45, 2.75) is 32.4 Å². The Morgan fingerprint density at radius 1 is 1.08 bits per heavy atom. The van der Waals surface area contributed by atoms with E-state index < -0.39 is 5.82 Å². The lowest BCUT2D eigenvalue weighted by Crippen LogP contribution is -2.44. The van der Waals surface area contributed by atoms with Crippen molar-refractivity contribution in [1.82, 2.24) is 19.4 Å². The molecule has 2 aliphatic rings. The maximum atomic E-state index is 14.7. The van der Waals surface area contributed by atoms with E-state index in [-0.39, 0.29) is 22.8 Å². The van der Waals surface area contributed by atoms with Crippen molar-refractivity contribution in [3.8, 4) is 11.1 Å². The maximum absolute atomic E-state index is 14.7.